The van der Waals surface area contributed by atoms with Gasteiger partial charge >= 0.3 is 0 Å². The Morgan fingerprint density at radius 3 is 2.95 bits per heavy atom. The summed E-state index contributed by atoms with van der Waals surface area (Å²) in [6, 6.07) is 3.96. The smallest absolute Gasteiger partial charge is 0.193 e. The van der Waals surface area contributed by atoms with Crippen molar-refractivity contribution in [3.63, 3.8) is 0 Å². The lowest BCUT2D eigenvalue weighted by Gasteiger charge is -2.30. The van der Waals surface area contributed by atoms with Gasteiger partial charge in [-0.05, 0) is 37.7 Å². The number of furan rings is 1. The first-order valence-electron chi connectivity index (χ1n) is 7.45. The first-order chi connectivity index (χ1) is 9.90. The summed E-state index contributed by atoms with van der Waals surface area (Å²) in [6.45, 7) is 4.03. The van der Waals surface area contributed by atoms with E-state index in [-0.39, 0.29) is 0 Å². The fraction of sp³-hybridized carbons (Fsp3) is 0.667. The molecule has 1 aromatic rings. The molecule has 0 amide bonds. The number of nitrogens with one attached hydrogen (secondary N) is 1. The van der Waals surface area contributed by atoms with Crippen LogP contribution >= 0.6 is 11.8 Å². The second-order valence-corrected chi connectivity index (χ2v) is 5.99. The summed E-state index contributed by atoms with van der Waals surface area (Å²) in [7, 11) is 0. The van der Waals surface area contributed by atoms with Crippen molar-refractivity contribution in [2.24, 2.45) is 4.99 Å². The molecule has 1 fully saturated rings. The van der Waals surface area contributed by atoms with E-state index < -0.39 is 0 Å². The van der Waals surface area contributed by atoms with E-state index in [0.717, 1.165) is 50.1 Å². The highest BCUT2D eigenvalue weighted by molar-refractivity contribution is 7.98. The summed E-state index contributed by atoms with van der Waals surface area (Å²) in [6.07, 6.45) is 8.67. The maximum atomic E-state index is 5.36. The van der Waals surface area contributed by atoms with Crippen LogP contribution in [0.3, 0.4) is 0 Å². The molecule has 112 valence electrons. The minimum atomic E-state index is 0.877. The SMILES string of the molecule is CSCCN=C(NCCc1ccco1)N1CCCCC1. The van der Waals surface area contributed by atoms with E-state index in [4.69, 9.17) is 9.41 Å². The molecule has 2 heterocycles. The average Bonchev–Trinajstić information content (AvgIpc) is 3.00. The van der Waals surface area contributed by atoms with E-state index in [1.807, 2.05) is 23.9 Å². The van der Waals surface area contributed by atoms with Gasteiger partial charge in [0, 0.05) is 31.8 Å². The minimum Gasteiger partial charge on any atom is -0.469 e. The Bertz CT molecular complexity index is 386. The molecular weight excluding hydrogens is 270 g/mol. The second-order valence-electron chi connectivity index (χ2n) is 5.00. The van der Waals surface area contributed by atoms with Crippen LogP contribution in [0.4, 0.5) is 0 Å². The molecule has 0 aliphatic carbocycles. The fourth-order valence-corrected chi connectivity index (χ4v) is 2.64. The quantitative estimate of drug-likeness (QED) is 0.497. The van der Waals surface area contributed by atoms with E-state index in [2.05, 4.69) is 16.5 Å². The Labute approximate surface area is 126 Å². The van der Waals surface area contributed by atoms with Gasteiger partial charge in [0.15, 0.2) is 5.96 Å². The number of rotatable bonds is 6. The lowest BCUT2D eigenvalue weighted by molar-refractivity contribution is 0.331. The molecule has 0 unspecified atom stereocenters. The van der Waals surface area contributed by atoms with Gasteiger partial charge in [0.05, 0.1) is 12.8 Å². The van der Waals surface area contributed by atoms with Crippen LogP contribution in [0.15, 0.2) is 27.8 Å². The van der Waals surface area contributed by atoms with Crippen LogP contribution in [0.5, 0.6) is 0 Å². The molecule has 0 spiro atoms. The highest BCUT2D eigenvalue weighted by atomic mass is 32.2. The van der Waals surface area contributed by atoms with Crippen LogP contribution in [-0.4, -0.2) is 49.0 Å². The number of hydrogen-bond acceptors (Lipinski definition) is 3. The first-order valence-corrected chi connectivity index (χ1v) is 8.84. The number of likely N-dealkylation sites (tertiary alicyclic amines) is 1. The van der Waals surface area contributed by atoms with Gasteiger partial charge in [-0.25, -0.2) is 0 Å². The summed E-state index contributed by atoms with van der Waals surface area (Å²) in [5.74, 6) is 3.18. The summed E-state index contributed by atoms with van der Waals surface area (Å²) in [5, 5.41) is 3.49. The summed E-state index contributed by atoms with van der Waals surface area (Å²) in [4.78, 5) is 7.13. The molecule has 0 bridgehead atoms. The Hall–Kier alpha value is -1.10. The standard InChI is InChI=1S/C15H25N3OS/c1-20-13-9-17-15(18-10-3-2-4-11-18)16-8-7-14-6-5-12-19-14/h5-6,12H,2-4,7-11,13H2,1H3,(H,16,17). The number of nitrogens with zero attached hydrogens (tertiary/aromatic N) is 2. The summed E-state index contributed by atoms with van der Waals surface area (Å²) >= 11 is 1.84. The molecule has 1 saturated heterocycles. The van der Waals surface area contributed by atoms with Crippen molar-refractivity contribution >= 4 is 17.7 Å². The molecule has 1 aliphatic heterocycles. The molecule has 0 radical (unpaired) electrons. The molecule has 20 heavy (non-hydrogen) atoms. The Morgan fingerprint density at radius 1 is 1.40 bits per heavy atom. The number of piperidine rings is 1. The molecule has 0 atom stereocenters. The Kier molecular flexibility index (Phi) is 6.84. The van der Waals surface area contributed by atoms with E-state index >= 15 is 0 Å². The van der Waals surface area contributed by atoms with Crippen molar-refractivity contribution in [1.82, 2.24) is 10.2 Å². The lowest BCUT2D eigenvalue weighted by Crippen LogP contribution is -2.45. The van der Waals surface area contributed by atoms with Gasteiger partial charge in [-0.2, -0.15) is 11.8 Å². The summed E-state index contributed by atoms with van der Waals surface area (Å²) < 4.78 is 5.36. The van der Waals surface area contributed by atoms with Gasteiger partial charge < -0.3 is 14.6 Å². The maximum absolute atomic E-state index is 5.36. The fourth-order valence-electron chi connectivity index (χ4n) is 2.37. The van der Waals surface area contributed by atoms with Crippen LogP contribution < -0.4 is 5.32 Å². The summed E-state index contributed by atoms with van der Waals surface area (Å²) in [5.41, 5.74) is 0. The molecule has 1 aromatic heterocycles. The third kappa shape index (κ3) is 5.12. The average molecular weight is 295 g/mol. The Morgan fingerprint density at radius 2 is 2.25 bits per heavy atom. The highest BCUT2D eigenvalue weighted by Crippen LogP contribution is 2.09. The van der Waals surface area contributed by atoms with Crippen LogP contribution in [0, 0.1) is 0 Å². The molecule has 2 rings (SSSR count). The van der Waals surface area contributed by atoms with Crippen LogP contribution in [-0.2, 0) is 6.42 Å². The zero-order valence-electron chi connectivity index (χ0n) is 12.3. The highest BCUT2D eigenvalue weighted by Gasteiger charge is 2.14. The monoisotopic (exact) mass is 295 g/mol. The largest absolute Gasteiger partial charge is 0.469 e. The third-order valence-electron chi connectivity index (χ3n) is 3.45. The van der Waals surface area contributed by atoms with Gasteiger partial charge in [0.1, 0.15) is 5.76 Å². The normalized spacial score (nSPS) is 16.4. The predicted octanol–water partition coefficient (Wildman–Crippen LogP) is 2.62. The van der Waals surface area contributed by atoms with Crippen molar-refractivity contribution in [1.29, 1.82) is 0 Å². The van der Waals surface area contributed by atoms with Crippen molar-refractivity contribution in [2.45, 2.75) is 25.7 Å². The van der Waals surface area contributed by atoms with Gasteiger partial charge in [0.2, 0.25) is 0 Å². The minimum absolute atomic E-state index is 0.877. The lowest BCUT2D eigenvalue weighted by atomic mass is 10.1. The predicted molar refractivity (Wildman–Crippen MR) is 86.5 cm³/mol. The zero-order chi connectivity index (χ0) is 14.0. The van der Waals surface area contributed by atoms with Gasteiger partial charge in [-0.1, -0.05) is 0 Å². The molecule has 1 N–H and O–H groups in total. The van der Waals surface area contributed by atoms with E-state index in [9.17, 15) is 0 Å². The molecule has 5 heteroatoms. The van der Waals surface area contributed by atoms with Crippen LogP contribution in [0.25, 0.3) is 0 Å². The van der Waals surface area contributed by atoms with Crippen LogP contribution in [0.2, 0.25) is 0 Å². The second kappa shape index (κ2) is 8.95. The van der Waals surface area contributed by atoms with Crippen molar-refractivity contribution in [3.05, 3.63) is 24.2 Å². The molecule has 0 saturated carbocycles. The topological polar surface area (TPSA) is 40.8 Å². The van der Waals surface area contributed by atoms with Gasteiger partial charge in [-0.3, -0.25) is 4.99 Å². The third-order valence-corrected chi connectivity index (χ3v) is 4.04. The van der Waals surface area contributed by atoms with Gasteiger partial charge in [-0.15, -0.1) is 0 Å². The molecule has 4 nitrogen and oxygen atoms in total. The Balaban J connectivity index is 1.82. The van der Waals surface area contributed by atoms with Crippen molar-refractivity contribution < 1.29 is 4.42 Å². The van der Waals surface area contributed by atoms with Crippen LogP contribution in [0.1, 0.15) is 25.0 Å². The van der Waals surface area contributed by atoms with Crippen molar-refractivity contribution in [2.75, 3.05) is 38.2 Å². The number of aliphatic imine (C=N–C) groups is 1. The van der Waals surface area contributed by atoms with E-state index in [1.54, 1.807) is 6.26 Å². The number of hydrogen-bond donors (Lipinski definition) is 1. The van der Waals surface area contributed by atoms with E-state index in [0.29, 0.717) is 0 Å². The zero-order valence-corrected chi connectivity index (χ0v) is 13.1. The number of thioether (sulfide) groups is 1. The van der Waals surface area contributed by atoms with Gasteiger partial charge in [0.25, 0.3) is 0 Å². The molecule has 0 aromatic carbocycles. The van der Waals surface area contributed by atoms with E-state index in [1.165, 1.54) is 19.3 Å². The maximum Gasteiger partial charge on any atom is 0.193 e. The van der Waals surface area contributed by atoms with Crippen molar-refractivity contribution in [3.8, 4) is 0 Å². The number of guanidine groups is 1. The molecular formula is C15H25N3OS. The molecule has 1 aliphatic rings. The first kappa shape index (κ1) is 15.3.